The molecule has 0 radical (unpaired) electrons. The minimum absolute atomic E-state index is 0.708. The number of benzene rings is 5. The van der Waals surface area contributed by atoms with Crippen LogP contribution in [-0.4, -0.2) is 9.13 Å². The number of unbranched alkanes of at least 4 members (excludes halogenated alkanes) is 1. The lowest BCUT2D eigenvalue weighted by molar-refractivity contribution is 0.401. The molecule has 0 aliphatic carbocycles. The molecule has 0 aliphatic rings. The lowest BCUT2D eigenvalue weighted by atomic mass is 9.99. The summed E-state index contributed by atoms with van der Waals surface area (Å²) in [5, 5.41) is 8.90. The minimum atomic E-state index is 0.708. The molecule has 2 aromatic heterocycles. The van der Waals surface area contributed by atoms with E-state index in [0.717, 1.165) is 17.9 Å². The highest BCUT2D eigenvalue weighted by molar-refractivity contribution is 6.10. The van der Waals surface area contributed by atoms with Crippen LogP contribution < -0.4 is 5.32 Å². The van der Waals surface area contributed by atoms with E-state index >= 15 is 0 Å². The average molecular weight is 536 g/mol. The van der Waals surface area contributed by atoms with E-state index < -0.39 is 0 Å². The first kappa shape index (κ1) is 25.5. The van der Waals surface area contributed by atoms with Crippen molar-refractivity contribution in [2.45, 2.75) is 46.1 Å². The fourth-order valence-electron chi connectivity index (χ4n) is 6.56. The number of aromatic nitrogens is 2. The molecule has 0 saturated carbocycles. The third kappa shape index (κ3) is 4.56. The Morgan fingerprint density at radius 1 is 0.585 bits per heavy atom. The van der Waals surface area contributed by atoms with E-state index in [0.29, 0.717) is 5.92 Å². The number of rotatable bonds is 9. The molecule has 0 aliphatic heterocycles. The van der Waals surface area contributed by atoms with Gasteiger partial charge in [-0.3, -0.25) is 0 Å². The van der Waals surface area contributed by atoms with Gasteiger partial charge in [0.25, 0.3) is 0 Å². The van der Waals surface area contributed by atoms with E-state index in [-0.39, 0.29) is 0 Å². The van der Waals surface area contributed by atoms with Gasteiger partial charge in [0.1, 0.15) is 0 Å². The Morgan fingerprint density at radius 2 is 1.15 bits per heavy atom. The Hall–Kier alpha value is -4.50. The second-order valence-electron chi connectivity index (χ2n) is 11.3. The largest absolute Gasteiger partial charge is 0.356 e. The van der Waals surface area contributed by atoms with E-state index in [2.05, 4.69) is 144 Å². The van der Waals surface area contributed by atoms with E-state index in [1.807, 2.05) is 0 Å². The average Bonchev–Trinajstić information content (AvgIpc) is 3.52. The molecule has 1 N–H and O–H groups in total. The van der Waals surface area contributed by atoms with Crippen LogP contribution in [0.15, 0.2) is 115 Å². The highest BCUT2D eigenvalue weighted by atomic mass is 15.0. The molecule has 0 amide bonds. The highest BCUT2D eigenvalue weighted by Gasteiger charge is 2.15. The fourth-order valence-corrected chi connectivity index (χ4v) is 6.56. The maximum absolute atomic E-state index is 3.68. The van der Waals surface area contributed by atoms with Crippen LogP contribution in [0.3, 0.4) is 0 Å². The number of nitrogens with zero attached hydrogens (tertiary/aromatic N) is 2. The van der Waals surface area contributed by atoms with Crippen LogP contribution in [0, 0.1) is 5.92 Å². The van der Waals surface area contributed by atoms with Crippen LogP contribution in [0.25, 0.3) is 49.3 Å². The Morgan fingerprint density at radius 3 is 1.78 bits per heavy atom. The van der Waals surface area contributed by atoms with Gasteiger partial charge in [-0.05, 0) is 73.0 Å². The first-order valence-corrected chi connectivity index (χ1v) is 15.1. The van der Waals surface area contributed by atoms with Gasteiger partial charge in [-0.2, -0.15) is 0 Å². The summed E-state index contributed by atoms with van der Waals surface area (Å²) in [5.74, 6) is 0.708. The zero-order valence-corrected chi connectivity index (χ0v) is 24.0. The van der Waals surface area contributed by atoms with Gasteiger partial charge in [-0.1, -0.05) is 87.7 Å². The number of fused-ring (bicyclic) bond motifs is 6. The molecule has 0 bridgehead atoms. The first-order valence-electron chi connectivity index (χ1n) is 15.1. The van der Waals surface area contributed by atoms with Crippen molar-refractivity contribution in [1.29, 1.82) is 0 Å². The van der Waals surface area contributed by atoms with Crippen molar-refractivity contribution >= 4 is 55.0 Å². The third-order valence-electron chi connectivity index (χ3n) is 8.75. The monoisotopic (exact) mass is 535 g/mol. The Bertz CT molecular complexity index is 1920. The van der Waals surface area contributed by atoms with Crippen LogP contribution in [-0.2, 0) is 6.54 Å². The van der Waals surface area contributed by atoms with Gasteiger partial charge in [-0.15, -0.1) is 0 Å². The quantitative estimate of drug-likeness (QED) is 0.195. The summed E-state index contributed by atoms with van der Waals surface area (Å²) >= 11 is 0. The Labute approximate surface area is 242 Å². The third-order valence-corrected chi connectivity index (χ3v) is 8.75. The van der Waals surface area contributed by atoms with Crippen LogP contribution in [0.1, 0.15) is 39.5 Å². The smallest absolute Gasteiger partial charge is 0.0541 e. The maximum atomic E-state index is 3.68. The molecule has 7 aromatic rings. The van der Waals surface area contributed by atoms with Crippen LogP contribution >= 0.6 is 0 Å². The van der Waals surface area contributed by atoms with Crippen molar-refractivity contribution in [3.05, 3.63) is 115 Å². The minimum Gasteiger partial charge on any atom is -0.356 e. The van der Waals surface area contributed by atoms with Gasteiger partial charge in [0.15, 0.2) is 0 Å². The number of anilines is 2. The number of hydrogen-bond acceptors (Lipinski definition) is 1. The molecule has 204 valence electrons. The standard InChI is InChI=1S/C38H37N3/c1-3-5-12-27(4-2)26-40-35-16-9-6-15-33(35)34-25-29(21-24-36(34)40)39-28-19-22-30(23-20-28)41-37-17-10-7-13-31(37)32-14-8-11-18-38(32)41/h6-11,13-25,27,39H,3-5,12,26H2,1-2H3. The molecule has 41 heavy (non-hydrogen) atoms. The molecule has 3 nitrogen and oxygen atoms in total. The molecule has 1 atom stereocenters. The summed E-state index contributed by atoms with van der Waals surface area (Å²) in [4.78, 5) is 0. The van der Waals surface area contributed by atoms with Crippen LogP contribution in [0.5, 0.6) is 0 Å². The lowest BCUT2D eigenvalue weighted by Gasteiger charge is -2.17. The summed E-state index contributed by atoms with van der Waals surface area (Å²) in [6.07, 6.45) is 5.08. The summed E-state index contributed by atoms with van der Waals surface area (Å²) in [5.41, 5.74) is 8.50. The van der Waals surface area contributed by atoms with Crippen molar-refractivity contribution in [1.82, 2.24) is 9.13 Å². The van der Waals surface area contributed by atoms with Gasteiger partial charge in [0, 0.05) is 56.2 Å². The fraction of sp³-hybridized carbons (Fsp3) is 0.211. The van der Waals surface area contributed by atoms with E-state index in [1.165, 1.54) is 75.0 Å². The van der Waals surface area contributed by atoms with Crippen molar-refractivity contribution in [2.24, 2.45) is 5.92 Å². The van der Waals surface area contributed by atoms with Gasteiger partial charge in [0.2, 0.25) is 0 Å². The molecule has 0 fully saturated rings. The number of nitrogens with one attached hydrogen (secondary N) is 1. The second kappa shape index (κ2) is 10.8. The van der Waals surface area contributed by atoms with Crippen LogP contribution in [0.2, 0.25) is 0 Å². The molecular formula is C38H37N3. The summed E-state index contributed by atoms with van der Waals surface area (Å²) in [6, 6.07) is 41.9. The molecule has 3 heteroatoms. The van der Waals surface area contributed by atoms with Crippen molar-refractivity contribution in [3.8, 4) is 5.69 Å². The normalized spacial score (nSPS) is 12.5. The molecule has 7 rings (SSSR count). The topological polar surface area (TPSA) is 21.9 Å². The molecular weight excluding hydrogens is 498 g/mol. The van der Waals surface area contributed by atoms with E-state index in [4.69, 9.17) is 0 Å². The molecule has 0 saturated heterocycles. The Kier molecular flexibility index (Phi) is 6.72. The van der Waals surface area contributed by atoms with Crippen molar-refractivity contribution in [3.63, 3.8) is 0 Å². The van der Waals surface area contributed by atoms with Gasteiger partial charge >= 0.3 is 0 Å². The Balaban J connectivity index is 1.21. The van der Waals surface area contributed by atoms with Crippen molar-refractivity contribution in [2.75, 3.05) is 5.32 Å². The first-order chi connectivity index (χ1) is 20.2. The zero-order valence-electron chi connectivity index (χ0n) is 24.0. The summed E-state index contributed by atoms with van der Waals surface area (Å²) in [7, 11) is 0. The molecule has 5 aromatic carbocycles. The van der Waals surface area contributed by atoms with Gasteiger partial charge in [-0.25, -0.2) is 0 Å². The molecule has 0 spiro atoms. The molecule has 1 unspecified atom stereocenters. The second-order valence-corrected chi connectivity index (χ2v) is 11.3. The number of hydrogen-bond donors (Lipinski definition) is 1. The SMILES string of the molecule is CCCCC(CC)Cn1c2ccccc2c2cc(Nc3ccc(-n4c5ccccc5c5ccccc54)cc3)ccc21. The zero-order chi connectivity index (χ0) is 27.8. The lowest BCUT2D eigenvalue weighted by Crippen LogP contribution is -2.10. The van der Waals surface area contributed by atoms with Crippen LogP contribution in [0.4, 0.5) is 11.4 Å². The summed E-state index contributed by atoms with van der Waals surface area (Å²) < 4.78 is 4.91. The predicted octanol–water partition coefficient (Wildman–Crippen LogP) is 10.9. The van der Waals surface area contributed by atoms with E-state index in [9.17, 15) is 0 Å². The molecule has 2 heterocycles. The maximum Gasteiger partial charge on any atom is 0.0541 e. The highest BCUT2D eigenvalue weighted by Crippen LogP contribution is 2.35. The van der Waals surface area contributed by atoms with Gasteiger partial charge < -0.3 is 14.5 Å². The van der Waals surface area contributed by atoms with Gasteiger partial charge in [0.05, 0.1) is 11.0 Å². The van der Waals surface area contributed by atoms with Crippen molar-refractivity contribution < 1.29 is 0 Å². The summed E-state index contributed by atoms with van der Waals surface area (Å²) in [6.45, 7) is 5.71. The number of para-hydroxylation sites is 3. The predicted molar refractivity (Wildman–Crippen MR) is 177 cm³/mol. The van der Waals surface area contributed by atoms with E-state index in [1.54, 1.807) is 0 Å².